The van der Waals surface area contributed by atoms with E-state index in [9.17, 15) is 14.3 Å². The maximum atomic E-state index is 13.3. The van der Waals surface area contributed by atoms with Crippen molar-refractivity contribution in [3.63, 3.8) is 0 Å². The first-order valence-electron chi connectivity index (χ1n) is 8.31. The molecule has 2 aromatic rings. The third-order valence-electron chi connectivity index (χ3n) is 4.59. The van der Waals surface area contributed by atoms with Gasteiger partial charge in [-0.25, -0.2) is 9.37 Å². The van der Waals surface area contributed by atoms with E-state index in [0.717, 1.165) is 6.42 Å². The number of likely N-dealkylation sites (N-methyl/N-ethyl adjacent to an activating group) is 1. The molecule has 1 heterocycles. The molecule has 3 rings (SSSR count). The summed E-state index contributed by atoms with van der Waals surface area (Å²) in [5, 5.41) is 10.7. The van der Waals surface area contributed by atoms with Crippen LogP contribution < -0.4 is 4.74 Å². The van der Waals surface area contributed by atoms with Gasteiger partial charge in [0, 0.05) is 26.4 Å². The molecule has 0 spiro atoms. The number of carbonyl (C=O) groups excluding carboxylic acids is 1. The average Bonchev–Trinajstić information content (AvgIpc) is 3.02. The van der Waals surface area contributed by atoms with Crippen molar-refractivity contribution >= 4 is 5.91 Å². The van der Waals surface area contributed by atoms with Crippen molar-refractivity contribution in [3.05, 3.63) is 48.3 Å². The average molecular weight is 347 g/mol. The fourth-order valence-electron chi connectivity index (χ4n) is 3.24. The van der Waals surface area contributed by atoms with Crippen LogP contribution in [0.5, 0.6) is 5.75 Å². The number of imidazole rings is 1. The van der Waals surface area contributed by atoms with E-state index in [4.69, 9.17) is 4.74 Å². The fourth-order valence-corrected chi connectivity index (χ4v) is 3.24. The number of nitrogens with zero attached hydrogens (tertiary/aromatic N) is 3. The number of amides is 1. The van der Waals surface area contributed by atoms with Crippen LogP contribution in [-0.2, 0) is 7.05 Å². The van der Waals surface area contributed by atoms with E-state index in [1.54, 1.807) is 43.3 Å². The summed E-state index contributed by atoms with van der Waals surface area (Å²) in [4.78, 5) is 18.2. The summed E-state index contributed by atoms with van der Waals surface area (Å²) in [5.41, 5.74) is 0.338. The van der Waals surface area contributed by atoms with Crippen molar-refractivity contribution in [1.29, 1.82) is 0 Å². The van der Waals surface area contributed by atoms with Crippen LogP contribution in [0.25, 0.3) is 0 Å². The largest absolute Gasteiger partial charge is 0.488 e. The maximum absolute atomic E-state index is 13.3. The van der Waals surface area contributed by atoms with E-state index >= 15 is 0 Å². The molecule has 25 heavy (non-hydrogen) atoms. The molecule has 0 radical (unpaired) electrons. The molecule has 1 aliphatic rings. The Hall–Kier alpha value is -2.41. The minimum Gasteiger partial charge on any atom is -0.488 e. The van der Waals surface area contributed by atoms with Gasteiger partial charge < -0.3 is 19.3 Å². The van der Waals surface area contributed by atoms with Crippen molar-refractivity contribution in [2.45, 2.75) is 37.5 Å². The Bertz CT molecular complexity index is 749. The van der Waals surface area contributed by atoms with Crippen LogP contribution in [0.3, 0.4) is 0 Å². The highest BCUT2D eigenvalue weighted by Gasteiger charge is 2.38. The number of rotatable bonds is 4. The molecule has 134 valence electrons. The number of hydrogen-bond donors (Lipinski definition) is 1. The van der Waals surface area contributed by atoms with Gasteiger partial charge in [0.25, 0.3) is 5.91 Å². The van der Waals surface area contributed by atoms with E-state index in [-0.39, 0.29) is 17.8 Å². The second-order valence-electron chi connectivity index (χ2n) is 6.44. The lowest BCUT2D eigenvalue weighted by atomic mass is 9.88. The maximum Gasteiger partial charge on any atom is 0.274 e. The zero-order valence-electron chi connectivity index (χ0n) is 14.3. The molecular formula is C18H22FN3O3. The van der Waals surface area contributed by atoms with Gasteiger partial charge in [-0.1, -0.05) is 6.07 Å². The predicted molar refractivity (Wildman–Crippen MR) is 89.8 cm³/mol. The third kappa shape index (κ3) is 3.82. The topological polar surface area (TPSA) is 67.6 Å². The molecule has 1 aliphatic carbocycles. The minimum atomic E-state index is -0.852. The smallest absolute Gasteiger partial charge is 0.274 e. The molecule has 1 aromatic carbocycles. The number of aromatic nitrogens is 2. The summed E-state index contributed by atoms with van der Waals surface area (Å²) in [6.45, 7) is 0. The summed E-state index contributed by atoms with van der Waals surface area (Å²) in [7, 11) is 3.46. The van der Waals surface area contributed by atoms with Crippen LogP contribution in [0.15, 0.2) is 36.8 Å². The van der Waals surface area contributed by atoms with Crippen LogP contribution in [-0.4, -0.2) is 50.8 Å². The first-order chi connectivity index (χ1) is 12.0. The summed E-state index contributed by atoms with van der Waals surface area (Å²) in [6.07, 6.45) is 4.01. The van der Waals surface area contributed by atoms with Gasteiger partial charge in [-0.3, -0.25) is 4.79 Å². The Balaban J connectivity index is 1.70. The molecule has 0 aliphatic heterocycles. The zero-order chi connectivity index (χ0) is 18.0. The van der Waals surface area contributed by atoms with Crippen molar-refractivity contribution in [2.24, 2.45) is 7.05 Å². The van der Waals surface area contributed by atoms with Crippen molar-refractivity contribution in [3.8, 4) is 5.75 Å². The fraction of sp³-hybridized carbons (Fsp3) is 0.444. The molecule has 1 saturated carbocycles. The second kappa shape index (κ2) is 7.23. The first kappa shape index (κ1) is 17.4. The second-order valence-corrected chi connectivity index (χ2v) is 6.44. The Morgan fingerprint density at radius 3 is 2.92 bits per heavy atom. The molecular weight excluding hydrogens is 325 g/mol. The standard InChI is InChI=1S/C18H22FN3O3/c1-21-10-14(20-11-21)18(24)22(2)15-7-4-8-16(17(15)23)25-13-6-3-5-12(19)9-13/h3,5-6,9-11,15-17,23H,4,7-8H2,1-2H3/t15-,16+,17+/m1/s1. The number of carbonyl (C=O) groups is 1. The van der Waals surface area contributed by atoms with E-state index in [0.29, 0.717) is 24.3 Å². The molecule has 1 fully saturated rings. The van der Waals surface area contributed by atoms with Gasteiger partial charge >= 0.3 is 0 Å². The normalized spacial score (nSPS) is 23.3. The van der Waals surface area contributed by atoms with E-state index in [1.165, 1.54) is 17.0 Å². The molecule has 7 heteroatoms. The number of halogens is 1. The molecule has 1 aromatic heterocycles. The Morgan fingerprint density at radius 2 is 2.24 bits per heavy atom. The first-order valence-corrected chi connectivity index (χ1v) is 8.31. The third-order valence-corrected chi connectivity index (χ3v) is 4.59. The van der Waals surface area contributed by atoms with Crippen LogP contribution in [0.4, 0.5) is 4.39 Å². The summed E-state index contributed by atoms with van der Waals surface area (Å²) < 4.78 is 20.8. The van der Waals surface area contributed by atoms with Gasteiger partial charge in [0.05, 0.1) is 12.4 Å². The van der Waals surface area contributed by atoms with E-state index in [1.807, 2.05) is 0 Å². The Kier molecular flexibility index (Phi) is 5.03. The molecule has 1 amide bonds. The number of ether oxygens (including phenoxy) is 1. The highest BCUT2D eigenvalue weighted by molar-refractivity contribution is 5.92. The quantitative estimate of drug-likeness (QED) is 0.918. The van der Waals surface area contributed by atoms with E-state index in [2.05, 4.69) is 4.98 Å². The summed E-state index contributed by atoms with van der Waals surface area (Å²) in [6, 6.07) is 5.48. The lowest BCUT2D eigenvalue weighted by Crippen LogP contribution is -2.53. The highest BCUT2D eigenvalue weighted by Crippen LogP contribution is 2.28. The Morgan fingerprint density at radius 1 is 1.44 bits per heavy atom. The van der Waals surface area contributed by atoms with Gasteiger partial charge in [0.1, 0.15) is 29.5 Å². The predicted octanol–water partition coefficient (Wildman–Crippen LogP) is 1.99. The molecule has 1 N–H and O–H groups in total. The van der Waals surface area contributed by atoms with Crippen LogP contribution in [0, 0.1) is 5.82 Å². The minimum absolute atomic E-state index is 0.240. The lowest BCUT2D eigenvalue weighted by molar-refractivity contribution is -0.0414. The van der Waals surface area contributed by atoms with Gasteiger partial charge in [0.2, 0.25) is 0 Å². The van der Waals surface area contributed by atoms with Gasteiger partial charge in [-0.2, -0.15) is 0 Å². The van der Waals surface area contributed by atoms with Gasteiger partial charge in [-0.05, 0) is 31.4 Å². The number of aliphatic hydroxyl groups excluding tert-OH is 1. The van der Waals surface area contributed by atoms with Crippen molar-refractivity contribution in [2.75, 3.05) is 7.05 Å². The van der Waals surface area contributed by atoms with Crippen LogP contribution in [0.2, 0.25) is 0 Å². The SMILES string of the molecule is CN(C(=O)c1cn(C)cn1)[C@@H]1CCC[C@H](Oc2cccc(F)c2)[C@H]1O. The molecule has 0 saturated heterocycles. The van der Waals surface area contributed by atoms with Crippen molar-refractivity contribution < 1.29 is 19.0 Å². The number of aliphatic hydroxyl groups is 1. The summed E-state index contributed by atoms with van der Waals surface area (Å²) >= 11 is 0. The van der Waals surface area contributed by atoms with Gasteiger partial charge in [-0.15, -0.1) is 0 Å². The number of aryl methyl sites for hydroxylation is 1. The molecule has 0 bridgehead atoms. The molecule has 6 nitrogen and oxygen atoms in total. The van der Waals surface area contributed by atoms with Gasteiger partial charge in [0.15, 0.2) is 0 Å². The number of benzene rings is 1. The Labute approximate surface area is 145 Å². The van der Waals surface area contributed by atoms with E-state index < -0.39 is 12.2 Å². The highest BCUT2D eigenvalue weighted by atomic mass is 19.1. The zero-order valence-corrected chi connectivity index (χ0v) is 14.3. The van der Waals surface area contributed by atoms with Crippen LogP contribution >= 0.6 is 0 Å². The number of hydrogen-bond acceptors (Lipinski definition) is 4. The van der Waals surface area contributed by atoms with Crippen molar-refractivity contribution in [1.82, 2.24) is 14.5 Å². The lowest BCUT2D eigenvalue weighted by Gasteiger charge is -2.39. The monoisotopic (exact) mass is 347 g/mol. The summed E-state index contributed by atoms with van der Waals surface area (Å²) in [5.74, 6) is -0.249. The van der Waals surface area contributed by atoms with Crippen LogP contribution in [0.1, 0.15) is 29.8 Å². The molecule has 0 unspecified atom stereocenters. The molecule has 3 atom stereocenters.